The van der Waals surface area contributed by atoms with Gasteiger partial charge in [0, 0.05) is 0 Å². The van der Waals surface area contributed by atoms with E-state index < -0.39 is 6.10 Å². The van der Waals surface area contributed by atoms with Gasteiger partial charge < -0.3 is 19.0 Å². The van der Waals surface area contributed by atoms with Crippen molar-refractivity contribution in [1.82, 2.24) is 0 Å². The Hall–Kier alpha value is -1.94. The Balaban J connectivity index is 2.33. The molecule has 0 amide bonds. The lowest BCUT2D eigenvalue weighted by Crippen LogP contribution is -1.99. The van der Waals surface area contributed by atoms with Crippen LogP contribution in [0.4, 0.5) is 0 Å². The molecule has 4 heteroatoms. The molecule has 90 valence electrons. The summed E-state index contributed by atoms with van der Waals surface area (Å²) in [6.07, 6.45) is 0.726. The van der Waals surface area contributed by atoms with E-state index in [4.69, 9.17) is 13.9 Å². The number of aliphatic hydroxyl groups excluding tert-OH is 1. The zero-order chi connectivity index (χ0) is 12.3. The van der Waals surface area contributed by atoms with Crippen LogP contribution in [0.2, 0.25) is 0 Å². The van der Waals surface area contributed by atoms with Crippen molar-refractivity contribution in [3.05, 3.63) is 47.9 Å². The maximum Gasteiger partial charge on any atom is 0.161 e. The molecule has 1 N–H and O–H groups in total. The smallest absolute Gasteiger partial charge is 0.161 e. The maximum atomic E-state index is 10.1. The highest BCUT2D eigenvalue weighted by Crippen LogP contribution is 2.32. The van der Waals surface area contributed by atoms with Gasteiger partial charge in [-0.1, -0.05) is 6.07 Å². The van der Waals surface area contributed by atoms with E-state index in [1.165, 1.54) is 6.26 Å². The molecule has 1 aromatic heterocycles. The van der Waals surface area contributed by atoms with Crippen LogP contribution in [-0.4, -0.2) is 19.3 Å². The summed E-state index contributed by atoms with van der Waals surface area (Å²) in [4.78, 5) is 0. The molecule has 1 atom stereocenters. The third-order valence-electron chi connectivity index (χ3n) is 2.54. The first-order valence-corrected chi connectivity index (χ1v) is 5.19. The SMILES string of the molecule is COc1ccc([C@@H](O)c2ccco2)cc1OC. The van der Waals surface area contributed by atoms with Crippen molar-refractivity contribution in [2.24, 2.45) is 0 Å². The van der Waals surface area contributed by atoms with Crippen LogP contribution in [-0.2, 0) is 0 Å². The van der Waals surface area contributed by atoms with E-state index in [2.05, 4.69) is 0 Å². The summed E-state index contributed by atoms with van der Waals surface area (Å²) in [5, 5.41) is 10.1. The molecule has 0 bridgehead atoms. The lowest BCUT2D eigenvalue weighted by Gasteiger charge is -2.12. The maximum absolute atomic E-state index is 10.1. The predicted molar refractivity (Wildman–Crippen MR) is 62.3 cm³/mol. The van der Waals surface area contributed by atoms with Crippen LogP contribution in [0.15, 0.2) is 41.0 Å². The van der Waals surface area contributed by atoms with Gasteiger partial charge in [0.25, 0.3) is 0 Å². The molecule has 0 aliphatic heterocycles. The van der Waals surface area contributed by atoms with E-state index in [1.807, 2.05) is 0 Å². The number of rotatable bonds is 4. The van der Waals surface area contributed by atoms with Gasteiger partial charge in [-0.2, -0.15) is 0 Å². The molecule has 0 saturated heterocycles. The standard InChI is InChI=1S/C13H14O4/c1-15-10-6-5-9(8-12(10)16-2)13(14)11-4-3-7-17-11/h3-8,13-14H,1-2H3/t13-/m1/s1. The molecule has 0 unspecified atom stereocenters. The highest BCUT2D eigenvalue weighted by atomic mass is 16.5. The van der Waals surface area contributed by atoms with Crippen molar-refractivity contribution in [2.75, 3.05) is 14.2 Å². The number of furan rings is 1. The van der Waals surface area contributed by atoms with Gasteiger partial charge in [-0.3, -0.25) is 0 Å². The third kappa shape index (κ3) is 2.26. The van der Waals surface area contributed by atoms with E-state index >= 15 is 0 Å². The topological polar surface area (TPSA) is 51.8 Å². The molecule has 2 aromatic rings. The fourth-order valence-corrected chi connectivity index (χ4v) is 1.63. The van der Waals surface area contributed by atoms with Gasteiger partial charge in [0.1, 0.15) is 11.9 Å². The van der Waals surface area contributed by atoms with Crippen molar-refractivity contribution in [3.63, 3.8) is 0 Å². The fourth-order valence-electron chi connectivity index (χ4n) is 1.63. The van der Waals surface area contributed by atoms with E-state index in [9.17, 15) is 5.11 Å². The molecule has 0 fully saturated rings. The van der Waals surface area contributed by atoms with Gasteiger partial charge in [0.2, 0.25) is 0 Å². The van der Waals surface area contributed by atoms with Crippen LogP contribution in [0.3, 0.4) is 0 Å². The first-order valence-electron chi connectivity index (χ1n) is 5.19. The lowest BCUT2D eigenvalue weighted by molar-refractivity contribution is 0.189. The van der Waals surface area contributed by atoms with Gasteiger partial charge >= 0.3 is 0 Å². The molecular formula is C13H14O4. The van der Waals surface area contributed by atoms with Gasteiger partial charge in [-0.25, -0.2) is 0 Å². The van der Waals surface area contributed by atoms with Crippen molar-refractivity contribution in [1.29, 1.82) is 0 Å². The summed E-state index contributed by atoms with van der Waals surface area (Å²) in [5.74, 6) is 1.70. The monoisotopic (exact) mass is 234 g/mol. The van der Waals surface area contributed by atoms with Crippen LogP contribution in [0.5, 0.6) is 11.5 Å². The molecule has 0 spiro atoms. The first-order chi connectivity index (χ1) is 8.26. The Kier molecular flexibility index (Phi) is 3.35. The molecule has 0 saturated carbocycles. The number of ether oxygens (including phenoxy) is 2. The van der Waals surface area contributed by atoms with Crippen molar-refractivity contribution in [3.8, 4) is 11.5 Å². The van der Waals surface area contributed by atoms with Crippen LogP contribution >= 0.6 is 0 Å². The normalized spacial score (nSPS) is 12.2. The summed E-state index contributed by atoms with van der Waals surface area (Å²) in [6, 6.07) is 8.71. The van der Waals surface area contributed by atoms with Gasteiger partial charge in [-0.05, 0) is 29.8 Å². The van der Waals surface area contributed by atoms with Crippen LogP contribution in [0.1, 0.15) is 17.4 Å². The van der Waals surface area contributed by atoms with E-state index in [-0.39, 0.29) is 0 Å². The fraction of sp³-hybridized carbons (Fsp3) is 0.231. The molecule has 1 aromatic carbocycles. The molecule has 17 heavy (non-hydrogen) atoms. The zero-order valence-electron chi connectivity index (χ0n) is 9.71. The second kappa shape index (κ2) is 4.93. The van der Waals surface area contributed by atoms with Crippen molar-refractivity contribution in [2.45, 2.75) is 6.10 Å². The van der Waals surface area contributed by atoms with Gasteiger partial charge in [0.15, 0.2) is 11.5 Å². The first kappa shape index (κ1) is 11.5. The van der Waals surface area contributed by atoms with Crippen LogP contribution in [0.25, 0.3) is 0 Å². The molecule has 0 radical (unpaired) electrons. The Labute approximate surface area is 99.4 Å². The number of aliphatic hydroxyl groups is 1. The second-order valence-corrected chi connectivity index (χ2v) is 3.53. The van der Waals surface area contributed by atoms with E-state index in [0.717, 1.165) is 0 Å². The summed E-state index contributed by atoms with van der Waals surface area (Å²) in [7, 11) is 3.13. The summed E-state index contributed by atoms with van der Waals surface area (Å²) in [5.41, 5.74) is 0.692. The Morgan fingerprint density at radius 2 is 1.88 bits per heavy atom. The highest BCUT2D eigenvalue weighted by molar-refractivity contribution is 5.44. The summed E-state index contributed by atoms with van der Waals surface area (Å²) >= 11 is 0. The average Bonchev–Trinajstić information content (AvgIpc) is 2.90. The Morgan fingerprint density at radius 1 is 1.12 bits per heavy atom. The summed E-state index contributed by atoms with van der Waals surface area (Å²) < 4.78 is 15.5. The molecule has 0 aliphatic rings. The predicted octanol–water partition coefficient (Wildman–Crippen LogP) is 2.38. The highest BCUT2D eigenvalue weighted by Gasteiger charge is 2.15. The molecular weight excluding hydrogens is 220 g/mol. The average molecular weight is 234 g/mol. The number of methoxy groups -OCH3 is 2. The Bertz CT molecular complexity index is 476. The van der Waals surface area contributed by atoms with Gasteiger partial charge in [0.05, 0.1) is 20.5 Å². The van der Waals surface area contributed by atoms with Gasteiger partial charge in [-0.15, -0.1) is 0 Å². The summed E-state index contributed by atoms with van der Waals surface area (Å²) in [6.45, 7) is 0. The van der Waals surface area contributed by atoms with Crippen LogP contribution < -0.4 is 9.47 Å². The number of hydrogen-bond acceptors (Lipinski definition) is 4. The Morgan fingerprint density at radius 3 is 2.47 bits per heavy atom. The van der Waals surface area contributed by atoms with Crippen LogP contribution in [0, 0.1) is 0 Å². The second-order valence-electron chi connectivity index (χ2n) is 3.53. The van der Waals surface area contributed by atoms with Crippen molar-refractivity contribution < 1.29 is 19.0 Å². The molecule has 2 rings (SSSR count). The molecule has 4 nitrogen and oxygen atoms in total. The largest absolute Gasteiger partial charge is 0.493 e. The zero-order valence-corrected chi connectivity index (χ0v) is 9.71. The van der Waals surface area contributed by atoms with E-state index in [0.29, 0.717) is 22.8 Å². The minimum atomic E-state index is -0.801. The number of hydrogen-bond donors (Lipinski definition) is 1. The van der Waals surface area contributed by atoms with Crippen molar-refractivity contribution >= 4 is 0 Å². The number of benzene rings is 1. The molecule has 1 heterocycles. The third-order valence-corrected chi connectivity index (χ3v) is 2.54. The van der Waals surface area contributed by atoms with E-state index in [1.54, 1.807) is 44.6 Å². The minimum Gasteiger partial charge on any atom is -0.493 e. The quantitative estimate of drug-likeness (QED) is 0.882. The minimum absolute atomic E-state index is 0.497. The lowest BCUT2D eigenvalue weighted by atomic mass is 10.1. The molecule has 0 aliphatic carbocycles.